The van der Waals surface area contributed by atoms with Crippen LogP contribution >= 0.6 is 11.8 Å². The summed E-state index contributed by atoms with van der Waals surface area (Å²) in [4.78, 5) is 13.2. The monoisotopic (exact) mass is 328 g/mol. The van der Waals surface area contributed by atoms with E-state index in [2.05, 4.69) is 10.5 Å². The van der Waals surface area contributed by atoms with Crippen molar-refractivity contribution >= 4 is 23.9 Å². The normalized spacial score (nSPS) is 19.7. The highest BCUT2D eigenvalue weighted by atomic mass is 32.2. The maximum absolute atomic E-state index is 13.7. The van der Waals surface area contributed by atoms with Gasteiger partial charge < -0.3 is 0 Å². The molecule has 1 aliphatic carbocycles. The molecule has 2 aromatic rings. The number of rotatable bonds is 5. The molecule has 2 atom stereocenters. The van der Waals surface area contributed by atoms with Crippen molar-refractivity contribution in [3.8, 4) is 0 Å². The van der Waals surface area contributed by atoms with Crippen LogP contribution in [0.15, 0.2) is 58.5 Å². The molecule has 0 bridgehead atoms. The zero-order valence-electron chi connectivity index (χ0n) is 12.7. The molecule has 1 aliphatic rings. The fourth-order valence-corrected chi connectivity index (χ4v) is 3.05. The van der Waals surface area contributed by atoms with Crippen LogP contribution in [-0.2, 0) is 4.79 Å². The molecule has 0 aliphatic heterocycles. The van der Waals surface area contributed by atoms with Gasteiger partial charge >= 0.3 is 0 Å². The molecule has 3 nitrogen and oxygen atoms in total. The van der Waals surface area contributed by atoms with Crippen molar-refractivity contribution in [1.29, 1.82) is 0 Å². The topological polar surface area (TPSA) is 41.5 Å². The summed E-state index contributed by atoms with van der Waals surface area (Å²) in [5.74, 6) is -0.631. The van der Waals surface area contributed by atoms with Gasteiger partial charge in [-0.25, -0.2) is 9.82 Å². The van der Waals surface area contributed by atoms with Gasteiger partial charge in [-0.05, 0) is 47.9 Å². The van der Waals surface area contributed by atoms with Gasteiger partial charge in [-0.1, -0.05) is 30.3 Å². The van der Waals surface area contributed by atoms with E-state index < -0.39 is 0 Å². The Morgan fingerprint density at radius 3 is 2.91 bits per heavy atom. The molecule has 1 N–H and O–H groups in total. The summed E-state index contributed by atoms with van der Waals surface area (Å²) in [6.45, 7) is 0. The summed E-state index contributed by atoms with van der Waals surface area (Å²) in [6.07, 6.45) is 4.30. The second-order valence-corrected chi connectivity index (χ2v) is 6.36. The first-order valence-corrected chi connectivity index (χ1v) is 8.63. The predicted molar refractivity (Wildman–Crippen MR) is 91.2 cm³/mol. The summed E-state index contributed by atoms with van der Waals surface area (Å²) in [5.41, 5.74) is 4.10. The predicted octanol–water partition coefficient (Wildman–Crippen LogP) is 3.80. The summed E-state index contributed by atoms with van der Waals surface area (Å²) in [7, 11) is 0. The van der Waals surface area contributed by atoms with Crippen LogP contribution in [0.5, 0.6) is 0 Å². The van der Waals surface area contributed by atoms with E-state index in [1.807, 2.05) is 30.5 Å². The van der Waals surface area contributed by atoms with Gasteiger partial charge in [-0.2, -0.15) is 5.10 Å². The van der Waals surface area contributed by atoms with Gasteiger partial charge in [0.15, 0.2) is 0 Å². The molecule has 0 spiro atoms. The van der Waals surface area contributed by atoms with Crippen molar-refractivity contribution in [3.05, 3.63) is 65.5 Å². The van der Waals surface area contributed by atoms with E-state index in [0.717, 1.165) is 10.5 Å². The summed E-state index contributed by atoms with van der Waals surface area (Å²) in [6, 6.07) is 14.5. The average Bonchev–Trinajstić information content (AvgIpc) is 3.36. The fourth-order valence-electron chi connectivity index (χ4n) is 2.58. The Bertz CT molecular complexity index is 747. The van der Waals surface area contributed by atoms with Crippen LogP contribution in [0.25, 0.3) is 0 Å². The zero-order valence-corrected chi connectivity index (χ0v) is 13.5. The number of benzene rings is 2. The van der Waals surface area contributed by atoms with Gasteiger partial charge in [0, 0.05) is 10.8 Å². The molecule has 1 saturated carbocycles. The molecule has 5 heteroatoms. The molecule has 3 rings (SSSR count). The molecule has 2 unspecified atom stereocenters. The number of nitrogens with one attached hydrogen (secondary N) is 1. The zero-order chi connectivity index (χ0) is 16.2. The van der Waals surface area contributed by atoms with E-state index in [9.17, 15) is 9.18 Å². The minimum Gasteiger partial charge on any atom is -0.273 e. The number of thioether (sulfide) groups is 1. The van der Waals surface area contributed by atoms with Crippen LogP contribution < -0.4 is 5.43 Å². The molecule has 0 heterocycles. The first-order chi connectivity index (χ1) is 11.2. The van der Waals surface area contributed by atoms with Crippen molar-refractivity contribution in [2.45, 2.75) is 17.2 Å². The summed E-state index contributed by atoms with van der Waals surface area (Å²) < 4.78 is 13.7. The molecular weight excluding hydrogens is 311 g/mol. The van der Waals surface area contributed by atoms with Crippen LogP contribution in [0, 0.1) is 11.7 Å². The molecule has 1 amide bonds. The highest BCUT2D eigenvalue weighted by Gasteiger charge is 2.45. The van der Waals surface area contributed by atoms with Crippen molar-refractivity contribution in [1.82, 2.24) is 5.43 Å². The van der Waals surface area contributed by atoms with E-state index in [1.54, 1.807) is 36.2 Å². The second-order valence-electron chi connectivity index (χ2n) is 5.48. The van der Waals surface area contributed by atoms with Gasteiger partial charge in [-0.3, -0.25) is 4.79 Å². The van der Waals surface area contributed by atoms with Crippen molar-refractivity contribution in [3.63, 3.8) is 0 Å². The average molecular weight is 328 g/mol. The number of hydrazone groups is 1. The third-order valence-corrected chi connectivity index (χ3v) is 4.64. The third kappa shape index (κ3) is 3.79. The van der Waals surface area contributed by atoms with Crippen molar-refractivity contribution in [2.75, 3.05) is 6.26 Å². The molecule has 23 heavy (non-hydrogen) atoms. The van der Waals surface area contributed by atoms with Crippen LogP contribution in [-0.4, -0.2) is 18.4 Å². The molecule has 0 radical (unpaired) electrons. The Kier molecular flexibility index (Phi) is 4.76. The largest absolute Gasteiger partial charge is 0.273 e. The number of carbonyl (C=O) groups is 1. The Hall–Kier alpha value is -2.14. The standard InChI is InChI=1S/C18H17FN2OS/c1-23-13-6-4-5-12(9-13)11-20-21-18(22)16-10-15(16)14-7-2-3-8-17(14)19/h2-9,11,15-16H,10H2,1H3,(H,21,22)/b20-11+. The number of amides is 1. The Balaban J connectivity index is 1.56. The van der Waals surface area contributed by atoms with E-state index >= 15 is 0 Å². The third-order valence-electron chi connectivity index (χ3n) is 3.91. The van der Waals surface area contributed by atoms with Gasteiger partial charge in [0.1, 0.15) is 5.82 Å². The lowest BCUT2D eigenvalue weighted by molar-refractivity contribution is -0.122. The van der Waals surface area contributed by atoms with Crippen LogP contribution in [0.2, 0.25) is 0 Å². The van der Waals surface area contributed by atoms with Crippen molar-refractivity contribution < 1.29 is 9.18 Å². The fraction of sp³-hybridized carbons (Fsp3) is 0.222. The SMILES string of the molecule is CSc1cccc(/C=N/NC(=O)C2CC2c2ccccc2F)c1. The van der Waals surface area contributed by atoms with E-state index in [1.165, 1.54) is 6.07 Å². The molecule has 1 fully saturated rings. The van der Waals surface area contributed by atoms with Crippen molar-refractivity contribution in [2.24, 2.45) is 11.0 Å². The van der Waals surface area contributed by atoms with Gasteiger partial charge in [0.2, 0.25) is 5.91 Å². The number of hydrogen-bond acceptors (Lipinski definition) is 3. The molecule has 0 aromatic heterocycles. The smallest absolute Gasteiger partial charge is 0.243 e. The lowest BCUT2D eigenvalue weighted by atomic mass is 10.1. The van der Waals surface area contributed by atoms with Crippen LogP contribution in [0.4, 0.5) is 4.39 Å². The van der Waals surface area contributed by atoms with E-state index in [4.69, 9.17) is 0 Å². The maximum atomic E-state index is 13.7. The first kappa shape index (κ1) is 15.7. The highest BCUT2D eigenvalue weighted by Crippen LogP contribution is 2.48. The lowest BCUT2D eigenvalue weighted by Crippen LogP contribution is -2.20. The summed E-state index contributed by atoms with van der Waals surface area (Å²) >= 11 is 1.65. The minimum absolute atomic E-state index is 0.0359. The first-order valence-electron chi connectivity index (χ1n) is 7.40. The minimum atomic E-state index is -0.245. The Morgan fingerprint density at radius 2 is 2.13 bits per heavy atom. The molecule has 2 aromatic carbocycles. The van der Waals surface area contributed by atoms with Gasteiger partial charge in [-0.15, -0.1) is 11.8 Å². The van der Waals surface area contributed by atoms with E-state index in [0.29, 0.717) is 12.0 Å². The van der Waals surface area contributed by atoms with Gasteiger partial charge in [0.25, 0.3) is 0 Å². The van der Waals surface area contributed by atoms with E-state index in [-0.39, 0.29) is 23.6 Å². The Morgan fingerprint density at radius 1 is 1.30 bits per heavy atom. The molecular formula is C18H17FN2OS. The number of hydrogen-bond donors (Lipinski definition) is 1. The Labute approximate surface area is 139 Å². The van der Waals surface area contributed by atoms with Gasteiger partial charge in [0.05, 0.1) is 6.21 Å². The lowest BCUT2D eigenvalue weighted by Gasteiger charge is -2.02. The quantitative estimate of drug-likeness (QED) is 0.515. The maximum Gasteiger partial charge on any atom is 0.243 e. The second kappa shape index (κ2) is 6.96. The number of nitrogens with zero attached hydrogens (tertiary/aromatic N) is 1. The number of carbonyl (C=O) groups excluding carboxylic acids is 1. The summed E-state index contributed by atoms with van der Waals surface area (Å²) in [5, 5.41) is 4.00. The van der Waals surface area contributed by atoms with Crippen LogP contribution in [0.3, 0.4) is 0 Å². The molecule has 0 saturated heterocycles. The number of halogens is 1. The molecule has 118 valence electrons. The van der Waals surface area contributed by atoms with Crippen LogP contribution in [0.1, 0.15) is 23.5 Å². The highest BCUT2D eigenvalue weighted by molar-refractivity contribution is 7.98.